The van der Waals surface area contributed by atoms with E-state index in [1.54, 1.807) is 4.90 Å². The monoisotopic (exact) mass is 304 g/mol. The summed E-state index contributed by atoms with van der Waals surface area (Å²) in [5.74, 6) is -1.62. The molecule has 1 aliphatic rings. The molecular formula is C13H18F2N2O2S. The van der Waals surface area contributed by atoms with Crippen molar-refractivity contribution in [3.05, 3.63) is 23.8 Å². The van der Waals surface area contributed by atoms with Crippen molar-refractivity contribution < 1.29 is 17.2 Å². The smallest absolute Gasteiger partial charge is 0.232 e. The van der Waals surface area contributed by atoms with Crippen molar-refractivity contribution in [1.29, 1.82) is 0 Å². The van der Waals surface area contributed by atoms with Crippen molar-refractivity contribution in [1.82, 2.24) is 0 Å². The second-order valence-electron chi connectivity index (χ2n) is 4.84. The summed E-state index contributed by atoms with van der Waals surface area (Å²) in [6.45, 7) is 2.69. The number of hydrogen-bond donors (Lipinski definition) is 1. The molecule has 0 aromatic heterocycles. The number of nitrogens with one attached hydrogen (secondary N) is 1. The predicted octanol–water partition coefficient (Wildman–Crippen LogP) is 2.72. The third-order valence-electron chi connectivity index (χ3n) is 3.34. The first kappa shape index (κ1) is 15.0. The van der Waals surface area contributed by atoms with Crippen LogP contribution in [0.25, 0.3) is 0 Å². The number of piperidine rings is 1. The largest absolute Gasteiger partial charge is 0.367 e. The molecule has 0 amide bonds. The van der Waals surface area contributed by atoms with Crippen LogP contribution in [0.15, 0.2) is 12.1 Å². The van der Waals surface area contributed by atoms with Crippen LogP contribution in [-0.4, -0.2) is 27.3 Å². The Kier molecular flexibility index (Phi) is 4.47. The lowest BCUT2D eigenvalue weighted by atomic mass is 10.1. The average molecular weight is 304 g/mol. The van der Waals surface area contributed by atoms with Gasteiger partial charge in [-0.2, -0.15) is 0 Å². The van der Waals surface area contributed by atoms with E-state index in [9.17, 15) is 17.2 Å². The summed E-state index contributed by atoms with van der Waals surface area (Å²) in [7, 11) is -3.54. The summed E-state index contributed by atoms with van der Waals surface area (Å²) in [5, 5.41) is 0. The van der Waals surface area contributed by atoms with Gasteiger partial charge >= 0.3 is 0 Å². The predicted molar refractivity (Wildman–Crippen MR) is 75.5 cm³/mol. The van der Waals surface area contributed by atoms with Crippen LogP contribution in [0, 0.1) is 11.6 Å². The molecule has 0 bridgehead atoms. The fourth-order valence-electron chi connectivity index (χ4n) is 2.30. The summed E-state index contributed by atoms with van der Waals surface area (Å²) in [5.41, 5.74) is -0.147. The molecule has 0 saturated carbocycles. The number of halogens is 2. The Hall–Kier alpha value is -1.37. The van der Waals surface area contributed by atoms with Gasteiger partial charge in [0.1, 0.15) is 5.69 Å². The van der Waals surface area contributed by atoms with Crippen molar-refractivity contribution in [3.8, 4) is 0 Å². The molecule has 1 fully saturated rings. The molecule has 0 spiro atoms. The number of benzene rings is 1. The van der Waals surface area contributed by atoms with E-state index in [0.717, 1.165) is 31.4 Å². The van der Waals surface area contributed by atoms with Crippen molar-refractivity contribution in [2.75, 3.05) is 28.5 Å². The molecule has 4 nitrogen and oxygen atoms in total. The lowest BCUT2D eigenvalue weighted by Gasteiger charge is -2.29. The molecule has 1 saturated heterocycles. The minimum atomic E-state index is -3.54. The van der Waals surface area contributed by atoms with Gasteiger partial charge in [0.25, 0.3) is 0 Å². The van der Waals surface area contributed by atoms with Crippen LogP contribution in [0.5, 0.6) is 0 Å². The van der Waals surface area contributed by atoms with E-state index in [0.29, 0.717) is 13.1 Å². The first-order valence-corrected chi connectivity index (χ1v) is 8.32. The first-order valence-electron chi connectivity index (χ1n) is 6.67. The zero-order valence-electron chi connectivity index (χ0n) is 11.3. The van der Waals surface area contributed by atoms with Crippen molar-refractivity contribution in [3.63, 3.8) is 0 Å². The molecular weight excluding hydrogens is 286 g/mol. The van der Waals surface area contributed by atoms with Gasteiger partial charge in [0.15, 0.2) is 11.6 Å². The maximum atomic E-state index is 14.1. The van der Waals surface area contributed by atoms with Crippen LogP contribution in [0.3, 0.4) is 0 Å². The van der Waals surface area contributed by atoms with E-state index in [4.69, 9.17) is 0 Å². The molecule has 2 rings (SSSR count). The second kappa shape index (κ2) is 5.95. The van der Waals surface area contributed by atoms with Gasteiger partial charge < -0.3 is 4.90 Å². The van der Waals surface area contributed by atoms with Gasteiger partial charge in [-0.1, -0.05) is 0 Å². The Morgan fingerprint density at radius 1 is 1.15 bits per heavy atom. The Morgan fingerprint density at radius 2 is 1.70 bits per heavy atom. The molecule has 0 radical (unpaired) electrons. The molecule has 1 heterocycles. The fourth-order valence-corrected chi connectivity index (χ4v) is 2.92. The third kappa shape index (κ3) is 3.39. The van der Waals surface area contributed by atoms with Crippen LogP contribution >= 0.6 is 0 Å². The minimum Gasteiger partial charge on any atom is -0.367 e. The van der Waals surface area contributed by atoms with Gasteiger partial charge in [0.05, 0.1) is 11.4 Å². The van der Waals surface area contributed by atoms with Crippen molar-refractivity contribution in [2.45, 2.75) is 26.2 Å². The number of anilines is 2. The summed E-state index contributed by atoms with van der Waals surface area (Å²) in [6.07, 6.45) is 2.88. The minimum absolute atomic E-state index is 0.0656. The van der Waals surface area contributed by atoms with Crippen LogP contribution in [-0.2, 0) is 10.0 Å². The summed E-state index contributed by atoms with van der Waals surface area (Å²) in [4.78, 5) is 1.67. The van der Waals surface area contributed by atoms with E-state index in [1.807, 2.05) is 0 Å². The number of rotatable bonds is 4. The lowest BCUT2D eigenvalue weighted by molar-refractivity contribution is 0.531. The standard InChI is InChI=1S/C13H18F2N2O2S/c1-2-20(18,19)16-10-8-11(14)13(12(15)9-10)17-6-4-3-5-7-17/h8-9,16H,2-7H2,1H3. The van der Waals surface area contributed by atoms with E-state index >= 15 is 0 Å². The maximum absolute atomic E-state index is 14.1. The fraction of sp³-hybridized carbons (Fsp3) is 0.538. The van der Waals surface area contributed by atoms with Crippen LogP contribution in [0.4, 0.5) is 20.2 Å². The highest BCUT2D eigenvalue weighted by Gasteiger charge is 2.20. The molecule has 7 heteroatoms. The summed E-state index contributed by atoms with van der Waals surface area (Å²) >= 11 is 0. The zero-order valence-corrected chi connectivity index (χ0v) is 12.1. The van der Waals surface area contributed by atoms with Crippen molar-refractivity contribution in [2.24, 2.45) is 0 Å². The number of nitrogens with zero attached hydrogens (tertiary/aromatic N) is 1. The Labute approximate surface area is 117 Å². The molecule has 1 aromatic rings. The number of hydrogen-bond acceptors (Lipinski definition) is 3. The lowest BCUT2D eigenvalue weighted by Crippen LogP contribution is -2.31. The van der Waals surface area contributed by atoms with Crippen LogP contribution in [0.1, 0.15) is 26.2 Å². The van der Waals surface area contributed by atoms with E-state index in [2.05, 4.69) is 4.72 Å². The van der Waals surface area contributed by atoms with E-state index < -0.39 is 21.7 Å². The van der Waals surface area contributed by atoms with E-state index in [-0.39, 0.29) is 17.1 Å². The van der Waals surface area contributed by atoms with Gasteiger partial charge in [-0.05, 0) is 26.2 Å². The average Bonchev–Trinajstić information content (AvgIpc) is 2.38. The Bertz CT molecular complexity index is 561. The van der Waals surface area contributed by atoms with Gasteiger partial charge in [-0.3, -0.25) is 4.72 Å². The maximum Gasteiger partial charge on any atom is 0.232 e. The highest BCUT2D eigenvalue weighted by Crippen LogP contribution is 2.29. The van der Waals surface area contributed by atoms with E-state index in [1.165, 1.54) is 6.92 Å². The molecule has 0 aliphatic carbocycles. The summed E-state index contributed by atoms with van der Waals surface area (Å²) < 4.78 is 53.1. The van der Waals surface area contributed by atoms with Crippen molar-refractivity contribution >= 4 is 21.4 Å². The highest BCUT2D eigenvalue weighted by molar-refractivity contribution is 7.92. The highest BCUT2D eigenvalue weighted by atomic mass is 32.2. The molecule has 112 valence electrons. The molecule has 20 heavy (non-hydrogen) atoms. The topological polar surface area (TPSA) is 49.4 Å². The molecule has 0 atom stereocenters. The summed E-state index contributed by atoms with van der Waals surface area (Å²) in [6, 6.07) is 2.06. The Balaban J connectivity index is 2.29. The number of sulfonamides is 1. The zero-order chi connectivity index (χ0) is 14.8. The quantitative estimate of drug-likeness (QED) is 0.930. The van der Waals surface area contributed by atoms with Gasteiger partial charge in [-0.25, -0.2) is 17.2 Å². The van der Waals surface area contributed by atoms with Crippen LogP contribution in [0.2, 0.25) is 0 Å². The molecule has 1 N–H and O–H groups in total. The van der Waals surface area contributed by atoms with Gasteiger partial charge in [0, 0.05) is 25.2 Å². The first-order chi connectivity index (χ1) is 9.43. The third-order valence-corrected chi connectivity index (χ3v) is 4.65. The normalized spacial score (nSPS) is 16.2. The molecule has 1 aliphatic heterocycles. The Morgan fingerprint density at radius 3 is 2.20 bits per heavy atom. The molecule has 0 unspecified atom stereocenters. The van der Waals surface area contributed by atoms with Gasteiger partial charge in [0.2, 0.25) is 10.0 Å². The molecule has 1 aromatic carbocycles. The SMILES string of the molecule is CCS(=O)(=O)Nc1cc(F)c(N2CCCCC2)c(F)c1. The second-order valence-corrected chi connectivity index (χ2v) is 6.85. The van der Waals surface area contributed by atoms with Gasteiger partial charge in [-0.15, -0.1) is 0 Å². The van der Waals surface area contributed by atoms with Crippen LogP contribution < -0.4 is 9.62 Å².